The number of hydrogen-bond acceptors (Lipinski definition) is 5. The largest absolute Gasteiger partial charge is 0.487 e. The first-order valence-electron chi connectivity index (χ1n) is 6.76. The molecular weight excluding hydrogens is 457 g/mol. The van der Waals surface area contributed by atoms with Gasteiger partial charge in [-0.2, -0.15) is 0 Å². The van der Waals surface area contributed by atoms with Gasteiger partial charge in [-0.1, -0.05) is 29.3 Å². The number of halogens is 3. The predicted octanol–water partition coefficient (Wildman–Crippen LogP) is 3.64. The van der Waals surface area contributed by atoms with Crippen LogP contribution in [0, 0.1) is 0 Å². The van der Waals surface area contributed by atoms with Gasteiger partial charge >= 0.3 is 5.97 Å². The molecule has 0 aliphatic carbocycles. The molecule has 2 N–H and O–H groups in total. The van der Waals surface area contributed by atoms with Crippen LogP contribution >= 0.6 is 39.1 Å². The van der Waals surface area contributed by atoms with Crippen molar-refractivity contribution in [2.24, 2.45) is 5.14 Å². The zero-order valence-electron chi connectivity index (χ0n) is 12.5. The fraction of sp³-hybridized carbons (Fsp3) is 0.133. The van der Waals surface area contributed by atoms with Gasteiger partial charge in [-0.15, -0.1) is 0 Å². The summed E-state index contributed by atoms with van der Waals surface area (Å²) in [5.41, 5.74) is 0.0299. The van der Waals surface area contributed by atoms with Crippen molar-refractivity contribution in [3.05, 3.63) is 56.5 Å². The number of carbonyl (C=O) groups excluding carboxylic acids is 1. The third kappa shape index (κ3) is 5.32. The minimum Gasteiger partial charge on any atom is -0.487 e. The summed E-state index contributed by atoms with van der Waals surface area (Å²) in [5, 5.41) is 5.72. The van der Waals surface area contributed by atoms with E-state index in [9.17, 15) is 13.2 Å². The highest BCUT2D eigenvalue weighted by Gasteiger charge is 2.17. The van der Waals surface area contributed by atoms with E-state index in [-0.39, 0.29) is 23.7 Å². The lowest BCUT2D eigenvalue weighted by Gasteiger charge is -2.11. The van der Waals surface area contributed by atoms with E-state index in [1.165, 1.54) is 12.1 Å². The molecule has 10 heteroatoms. The van der Waals surface area contributed by atoms with E-state index in [2.05, 4.69) is 15.9 Å². The van der Waals surface area contributed by atoms with Crippen molar-refractivity contribution in [1.82, 2.24) is 0 Å². The van der Waals surface area contributed by atoms with Crippen LogP contribution in [0.3, 0.4) is 0 Å². The highest BCUT2D eigenvalue weighted by Crippen LogP contribution is 2.32. The molecule has 0 amide bonds. The van der Waals surface area contributed by atoms with Crippen LogP contribution in [0.2, 0.25) is 10.0 Å². The van der Waals surface area contributed by atoms with Crippen molar-refractivity contribution in [3.63, 3.8) is 0 Å². The van der Waals surface area contributed by atoms with E-state index in [0.29, 0.717) is 20.3 Å². The summed E-state index contributed by atoms with van der Waals surface area (Å²) in [6, 6.07) is 8.71. The molecule has 134 valence electrons. The average molecular weight is 469 g/mol. The standard InChI is InChI=1S/C15H12BrCl2NO5S/c16-11-5-4-9(25(19,21)22)8-10(11)15(20)24-7-6-23-14-12(17)2-1-3-13(14)18/h1-5,8H,6-7H2,(H2,19,21,22). The average Bonchev–Trinajstić information content (AvgIpc) is 2.52. The molecule has 6 nitrogen and oxygen atoms in total. The number of hydrogen-bond donors (Lipinski definition) is 1. The molecule has 2 aromatic rings. The van der Waals surface area contributed by atoms with E-state index in [1.54, 1.807) is 18.2 Å². The monoisotopic (exact) mass is 467 g/mol. The Hall–Kier alpha value is -1.32. The zero-order chi connectivity index (χ0) is 18.6. The summed E-state index contributed by atoms with van der Waals surface area (Å²) in [6.07, 6.45) is 0. The second kappa shape index (κ2) is 8.37. The summed E-state index contributed by atoms with van der Waals surface area (Å²) in [7, 11) is -3.93. The van der Waals surface area contributed by atoms with Crippen LogP contribution < -0.4 is 9.88 Å². The van der Waals surface area contributed by atoms with Crippen molar-refractivity contribution in [1.29, 1.82) is 0 Å². The van der Waals surface area contributed by atoms with Crippen LogP contribution in [-0.2, 0) is 14.8 Å². The minimum absolute atomic E-state index is 0.0156. The van der Waals surface area contributed by atoms with Crippen molar-refractivity contribution in [3.8, 4) is 5.75 Å². The molecular formula is C15H12BrCl2NO5S. The number of benzene rings is 2. The maximum Gasteiger partial charge on any atom is 0.339 e. The molecule has 0 unspecified atom stereocenters. The first-order chi connectivity index (χ1) is 11.7. The summed E-state index contributed by atoms with van der Waals surface area (Å²) in [4.78, 5) is 11.9. The Morgan fingerprint density at radius 1 is 1.12 bits per heavy atom. The molecule has 0 bridgehead atoms. The van der Waals surface area contributed by atoms with Gasteiger partial charge in [0.25, 0.3) is 0 Å². The Balaban J connectivity index is 1.99. The Morgan fingerprint density at radius 2 is 1.76 bits per heavy atom. The molecule has 0 aromatic heterocycles. The normalized spacial score (nSPS) is 11.2. The van der Waals surface area contributed by atoms with E-state index >= 15 is 0 Å². The number of primary sulfonamides is 1. The number of ether oxygens (including phenoxy) is 2. The fourth-order valence-corrected chi connectivity index (χ4v) is 3.27. The Kier molecular flexibility index (Phi) is 6.70. The molecule has 0 aliphatic rings. The second-order valence-corrected chi connectivity index (χ2v) is 7.95. The van der Waals surface area contributed by atoms with Gasteiger partial charge < -0.3 is 9.47 Å². The third-order valence-corrected chi connectivity index (χ3v) is 5.17. The van der Waals surface area contributed by atoms with Gasteiger partial charge in [-0.05, 0) is 46.3 Å². The molecule has 0 saturated carbocycles. The van der Waals surface area contributed by atoms with Crippen LogP contribution in [0.4, 0.5) is 0 Å². The lowest BCUT2D eigenvalue weighted by Crippen LogP contribution is -2.16. The summed E-state index contributed by atoms with van der Waals surface area (Å²) < 4.78 is 33.6. The Morgan fingerprint density at radius 3 is 2.36 bits per heavy atom. The quantitative estimate of drug-likeness (QED) is 0.515. The van der Waals surface area contributed by atoms with Gasteiger partial charge in [0.05, 0.1) is 20.5 Å². The van der Waals surface area contributed by atoms with Crippen LogP contribution in [0.5, 0.6) is 5.75 Å². The van der Waals surface area contributed by atoms with E-state index in [1.807, 2.05) is 0 Å². The maximum atomic E-state index is 12.1. The number of nitrogens with two attached hydrogens (primary N) is 1. The number of rotatable bonds is 6. The van der Waals surface area contributed by atoms with Gasteiger partial charge in [-0.3, -0.25) is 0 Å². The molecule has 0 fully saturated rings. The van der Waals surface area contributed by atoms with Crippen molar-refractivity contribution in [2.75, 3.05) is 13.2 Å². The predicted molar refractivity (Wildman–Crippen MR) is 97.8 cm³/mol. The van der Waals surface area contributed by atoms with Gasteiger partial charge in [-0.25, -0.2) is 18.4 Å². The van der Waals surface area contributed by atoms with Gasteiger partial charge in [0.1, 0.15) is 13.2 Å². The molecule has 0 atom stereocenters. The zero-order valence-corrected chi connectivity index (χ0v) is 16.5. The van der Waals surface area contributed by atoms with Gasteiger partial charge in [0.15, 0.2) is 5.75 Å². The molecule has 2 aromatic carbocycles. The molecule has 0 heterocycles. The molecule has 0 radical (unpaired) electrons. The molecule has 2 rings (SSSR count). The summed E-state index contributed by atoms with van der Waals surface area (Å²) >= 11 is 15.1. The van der Waals surface area contributed by atoms with Crippen molar-refractivity contribution < 1.29 is 22.7 Å². The number of esters is 1. The van der Waals surface area contributed by atoms with Crippen molar-refractivity contribution >= 4 is 55.1 Å². The number of sulfonamides is 1. The first kappa shape index (κ1) is 20.0. The van der Waals surface area contributed by atoms with E-state index in [4.69, 9.17) is 37.8 Å². The molecule has 0 aliphatic heterocycles. The maximum absolute atomic E-state index is 12.1. The van der Waals surface area contributed by atoms with Crippen LogP contribution in [0.25, 0.3) is 0 Å². The van der Waals surface area contributed by atoms with Crippen LogP contribution in [0.1, 0.15) is 10.4 Å². The van der Waals surface area contributed by atoms with Crippen molar-refractivity contribution in [2.45, 2.75) is 4.90 Å². The number of carbonyl (C=O) groups is 1. The topological polar surface area (TPSA) is 95.7 Å². The highest BCUT2D eigenvalue weighted by atomic mass is 79.9. The Labute approximate surface area is 163 Å². The van der Waals surface area contributed by atoms with E-state index < -0.39 is 16.0 Å². The SMILES string of the molecule is NS(=O)(=O)c1ccc(Br)c(C(=O)OCCOc2c(Cl)cccc2Cl)c1. The summed E-state index contributed by atoms with van der Waals surface area (Å²) in [6.45, 7) is -0.0753. The molecule has 25 heavy (non-hydrogen) atoms. The van der Waals surface area contributed by atoms with Crippen LogP contribution in [0.15, 0.2) is 45.8 Å². The minimum atomic E-state index is -3.93. The molecule has 0 saturated heterocycles. The molecule has 0 spiro atoms. The lowest BCUT2D eigenvalue weighted by molar-refractivity contribution is 0.0449. The fourth-order valence-electron chi connectivity index (χ4n) is 1.81. The number of para-hydroxylation sites is 1. The van der Waals surface area contributed by atoms with Crippen LogP contribution in [-0.4, -0.2) is 27.6 Å². The lowest BCUT2D eigenvalue weighted by atomic mass is 10.2. The summed E-state index contributed by atoms with van der Waals surface area (Å²) in [5.74, 6) is -0.439. The van der Waals surface area contributed by atoms with Gasteiger partial charge in [0.2, 0.25) is 10.0 Å². The smallest absolute Gasteiger partial charge is 0.339 e. The highest BCUT2D eigenvalue weighted by molar-refractivity contribution is 9.10. The first-order valence-corrected chi connectivity index (χ1v) is 9.86. The third-order valence-electron chi connectivity index (χ3n) is 2.97. The Bertz CT molecular complexity index is 885. The van der Waals surface area contributed by atoms with E-state index in [0.717, 1.165) is 6.07 Å². The van der Waals surface area contributed by atoms with Gasteiger partial charge in [0, 0.05) is 4.47 Å². The second-order valence-electron chi connectivity index (χ2n) is 4.72.